The van der Waals surface area contributed by atoms with E-state index in [-0.39, 0.29) is 30.5 Å². The van der Waals surface area contributed by atoms with Gasteiger partial charge < -0.3 is 14.8 Å². The number of nitrogens with zero attached hydrogens (tertiary/aromatic N) is 5. The Labute approximate surface area is 218 Å². The number of aryl methyl sites for hydroxylation is 2. The molecule has 10 nitrogen and oxygen atoms in total. The number of hydrogen-bond donors (Lipinski definition) is 1. The molecule has 2 aromatic carbocycles. The molecule has 0 saturated heterocycles. The van der Waals surface area contributed by atoms with Crippen LogP contribution in [0.15, 0.2) is 73.2 Å². The third-order valence-corrected chi connectivity index (χ3v) is 5.87. The van der Waals surface area contributed by atoms with Crippen molar-refractivity contribution in [3.63, 3.8) is 0 Å². The molecule has 0 radical (unpaired) electrons. The van der Waals surface area contributed by atoms with Gasteiger partial charge >= 0.3 is 5.97 Å². The number of fused-ring (bicyclic) bond motifs is 1. The number of benzene rings is 2. The number of nitrogens with one attached hydrogen (secondary N) is 1. The highest BCUT2D eigenvalue weighted by Crippen LogP contribution is 2.24. The third-order valence-electron chi connectivity index (χ3n) is 5.87. The van der Waals surface area contributed by atoms with E-state index in [0.717, 1.165) is 22.4 Å². The molecule has 0 spiro atoms. The molecule has 0 aliphatic rings. The number of amides is 1. The van der Waals surface area contributed by atoms with Crippen molar-refractivity contribution in [3.8, 4) is 17.0 Å². The smallest absolute Gasteiger partial charge is 0.343 e. The summed E-state index contributed by atoms with van der Waals surface area (Å²) in [4.78, 5) is 29.4. The Balaban J connectivity index is 1.30. The molecule has 0 aliphatic heterocycles. The monoisotopic (exact) mass is 510 g/mol. The Morgan fingerprint density at radius 2 is 1.92 bits per heavy atom. The third kappa shape index (κ3) is 5.10. The summed E-state index contributed by atoms with van der Waals surface area (Å²) in [6, 6.07) is 16.7. The van der Waals surface area contributed by atoms with Gasteiger partial charge in [-0.1, -0.05) is 29.8 Å². The SMILES string of the molecule is CCOC(=O)c1cnn2c(-c3cccc(NC(=O)c4ccn(COc5ccc(C)cc5C)n4)c3)ccnc12. The number of esters is 1. The summed E-state index contributed by atoms with van der Waals surface area (Å²) in [6.07, 6.45) is 4.74. The van der Waals surface area contributed by atoms with E-state index in [9.17, 15) is 9.59 Å². The van der Waals surface area contributed by atoms with Crippen molar-refractivity contribution in [3.05, 3.63) is 95.6 Å². The van der Waals surface area contributed by atoms with Gasteiger partial charge in [0, 0.05) is 23.6 Å². The highest BCUT2D eigenvalue weighted by atomic mass is 16.5. The van der Waals surface area contributed by atoms with Crippen molar-refractivity contribution in [1.29, 1.82) is 0 Å². The van der Waals surface area contributed by atoms with E-state index in [1.165, 1.54) is 6.20 Å². The lowest BCUT2D eigenvalue weighted by Crippen LogP contribution is -2.14. The first-order chi connectivity index (χ1) is 18.4. The van der Waals surface area contributed by atoms with Crippen LogP contribution in [0.2, 0.25) is 0 Å². The average molecular weight is 511 g/mol. The average Bonchev–Trinajstić information content (AvgIpc) is 3.56. The van der Waals surface area contributed by atoms with Crippen LogP contribution in [-0.4, -0.2) is 42.9 Å². The Bertz CT molecular complexity index is 1640. The lowest BCUT2D eigenvalue weighted by atomic mass is 10.1. The molecule has 0 atom stereocenters. The topological polar surface area (TPSA) is 113 Å². The number of carbonyl (C=O) groups is 2. The summed E-state index contributed by atoms with van der Waals surface area (Å²) in [5, 5.41) is 11.6. The zero-order chi connectivity index (χ0) is 26.6. The van der Waals surface area contributed by atoms with Gasteiger partial charge in [-0.2, -0.15) is 10.2 Å². The fourth-order valence-corrected chi connectivity index (χ4v) is 4.07. The van der Waals surface area contributed by atoms with E-state index in [1.54, 1.807) is 46.7 Å². The number of carbonyl (C=O) groups excluding carboxylic acids is 2. The van der Waals surface area contributed by atoms with Crippen LogP contribution in [0.4, 0.5) is 5.69 Å². The molecular weight excluding hydrogens is 484 g/mol. The summed E-state index contributed by atoms with van der Waals surface area (Å²) in [6.45, 7) is 6.20. The van der Waals surface area contributed by atoms with Gasteiger partial charge in [0.15, 0.2) is 18.1 Å². The Morgan fingerprint density at radius 3 is 2.74 bits per heavy atom. The quantitative estimate of drug-likeness (QED) is 0.302. The molecule has 0 saturated carbocycles. The summed E-state index contributed by atoms with van der Waals surface area (Å²) < 4.78 is 14.1. The number of hydrogen-bond acceptors (Lipinski definition) is 7. The number of aromatic nitrogens is 5. The van der Waals surface area contributed by atoms with E-state index in [4.69, 9.17) is 9.47 Å². The maximum atomic E-state index is 12.9. The Hall–Kier alpha value is -4.99. The zero-order valence-electron chi connectivity index (χ0n) is 21.2. The predicted molar refractivity (Wildman–Crippen MR) is 141 cm³/mol. The van der Waals surface area contributed by atoms with Crippen molar-refractivity contribution in [2.24, 2.45) is 0 Å². The van der Waals surface area contributed by atoms with Gasteiger partial charge in [0.05, 0.1) is 18.5 Å². The van der Waals surface area contributed by atoms with Crippen LogP contribution in [0.3, 0.4) is 0 Å². The summed E-state index contributed by atoms with van der Waals surface area (Å²) in [7, 11) is 0. The van der Waals surface area contributed by atoms with E-state index in [2.05, 4.69) is 20.5 Å². The molecule has 3 heterocycles. The second-order valence-corrected chi connectivity index (χ2v) is 8.66. The van der Waals surface area contributed by atoms with Gasteiger partial charge in [-0.15, -0.1) is 0 Å². The van der Waals surface area contributed by atoms with Crippen LogP contribution >= 0.6 is 0 Å². The minimum atomic E-state index is -0.480. The molecule has 5 rings (SSSR count). The molecule has 10 heteroatoms. The minimum absolute atomic E-state index is 0.183. The molecule has 0 fully saturated rings. The fourth-order valence-electron chi connectivity index (χ4n) is 4.07. The number of ether oxygens (including phenoxy) is 2. The van der Waals surface area contributed by atoms with Gasteiger partial charge in [0.25, 0.3) is 5.91 Å². The van der Waals surface area contributed by atoms with Crippen LogP contribution in [0.5, 0.6) is 5.75 Å². The summed E-state index contributed by atoms with van der Waals surface area (Å²) >= 11 is 0. The second kappa shape index (κ2) is 10.6. The van der Waals surface area contributed by atoms with Crippen molar-refractivity contribution in [2.45, 2.75) is 27.5 Å². The fraction of sp³-hybridized carbons (Fsp3) is 0.179. The lowest BCUT2D eigenvalue weighted by molar-refractivity contribution is 0.0528. The Kier molecular flexibility index (Phi) is 6.86. The normalized spacial score (nSPS) is 10.9. The molecule has 38 heavy (non-hydrogen) atoms. The maximum absolute atomic E-state index is 12.9. The molecule has 0 bridgehead atoms. The lowest BCUT2D eigenvalue weighted by Gasteiger charge is -2.10. The highest BCUT2D eigenvalue weighted by molar-refractivity contribution is 6.03. The van der Waals surface area contributed by atoms with Crippen LogP contribution in [-0.2, 0) is 11.5 Å². The van der Waals surface area contributed by atoms with E-state index in [0.29, 0.717) is 17.0 Å². The first kappa shape index (κ1) is 24.7. The highest BCUT2D eigenvalue weighted by Gasteiger charge is 2.17. The van der Waals surface area contributed by atoms with Gasteiger partial charge in [-0.25, -0.2) is 19.0 Å². The van der Waals surface area contributed by atoms with Crippen LogP contribution in [0.25, 0.3) is 16.9 Å². The molecule has 0 unspecified atom stereocenters. The molecule has 0 aliphatic carbocycles. The molecular formula is C28H26N6O4. The van der Waals surface area contributed by atoms with Crippen molar-refractivity contribution >= 4 is 23.2 Å². The molecule has 1 amide bonds. The van der Waals surface area contributed by atoms with Crippen LogP contribution in [0.1, 0.15) is 38.9 Å². The van der Waals surface area contributed by atoms with Gasteiger partial charge in [-0.3, -0.25) is 4.79 Å². The van der Waals surface area contributed by atoms with E-state index >= 15 is 0 Å². The second-order valence-electron chi connectivity index (χ2n) is 8.66. The molecule has 5 aromatic rings. The Morgan fingerprint density at radius 1 is 1.05 bits per heavy atom. The van der Waals surface area contributed by atoms with Gasteiger partial charge in [0.1, 0.15) is 11.3 Å². The molecule has 192 valence electrons. The first-order valence-electron chi connectivity index (χ1n) is 12.1. The molecule has 1 N–H and O–H groups in total. The summed E-state index contributed by atoms with van der Waals surface area (Å²) in [5.74, 6) is -0.0614. The van der Waals surface area contributed by atoms with Crippen LogP contribution < -0.4 is 10.1 Å². The summed E-state index contributed by atoms with van der Waals surface area (Å²) in [5.41, 5.74) is 5.20. The van der Waals surface area contributed by atoms with Crippen molar-refractivity contribution < 1.29 is 19.1 Å². The van der Waals surface area contributed by atoms with E-state index < -0.39 is 5.97 Å². The predicted octanol–water partition coefficient (Wildman–Crippen LogP) is 4.68. The standard InChI is InChI=1S/C28H26N6O4/c1-4-37-28(36)22-16-30-34-24(10-12-29-26(22)34)20-6-5-7-21(15-20)31-27(35)23-11-13-33(32-23)17-38-25-9-8-18(2)14-19(25)3/h5-16H,4,17H2,1-3H3,(H,31,35). The maximum Gasteiger partial charge on any atom is 0.343 e. The molecule has 3 aromatic heterocycles. The van der Waals surface area contributed by atoms with Gasteiger partial charge in [0.2, 0.25) is 0 Å². The largest absolute Gasteiger partial charge is 0.471 e. The number of anilines is 1. The zero-order valence-corrected chi connectivity index (χ0v) is 21.2. The van der Waals surface area contributed by atoms with E-state index in [1.807, 2.05) is 50.2 Å². The van der Waals surface area contributed by atoms with Crippen molar-refractivity contribution in [2.75, 3.05) is 11.9 Å². The van der Waals surface area contributed by atoms with Crippen LogP contribution in [0, 0.1) is 13.8 Å². The van der Waals surface area contributed by atoms with Crippen molar-refractivity contribution in [1.82, 2.24) is 24.4 Å². The number of rotatable bonds is 8. The van der Waals surface area contributed by atoms with Gasteiger partial charge in [-0.05, 0) is 56.7 Å². The minimum Gasteiger partial charge on any atom is -0.471 e. The first-order valence-corrected chi connectivity index (χ1v) is 12.1.